The lowest BCUT2D eigenvalue weighted by Crippen LogP contribution is -2.41. The molecule has 2 rings (SSSR count). The number of hydrogen-bond acceptors (Lipinski definition) is 3. The third kappa shape index (κ3) is 3.43. The number of amides is 1. The predicted molar refractivity (Wildman–Crippen MR) is 78.4 cm³/mol. The van der Waals surface area contributed by atoms with E-state index in [0.29, 0.717) is 11.1 Å². The molecular weight excluding hydrogens is 291 g/mol. The van der Waals surface area contributed by atoms with Crippen LogP contribution >= 0.6 is 0 Å². The normalized spacial score (nSPS) is 12.3. The number of rotatable bonds is 6. The van der Waals surface area contributed by atoms with Crippen LogP contribution in [0, 0.1) is 12.7 Å². The maximum atomic E-state index is 13.4. The van der Waals surface area contributed by atoms with Crippen molar-refractivity contribution < 1.29 is 23.8 Å². The van der Waals surface area contributed by atoms with Crippen molar-refractivity contribution in [3.63, 3.8) is 0 Å². The first-order valence-corrected chi connectivity index (χ1v) is 6.74. The lowest BCUT2D eigenvalue weighted by atomic mass is 10.1. The Morgan fingerprint density at radius 1 is 1.41 bits per heavy atom. The molecule has 1 amide bonds. The molecule has 1 atom stereocenters. The number of carbonyl (C=O) groups excluding carboxylic acids is 1. The number of aromatic nitrogens is 1. The fourth-order valence-electron chi connectivity index (χ4n) is 2.23. The molecule has 22 heavy (non-hydrogen) atoms. The minimum atomic E-state index is -1.14. The van der Waals surface area contributed by atoms with Crippen molar-refractivity contribution in [1.82, 2.24) is 10.3 Å². The van der Waals surface area contributed by atoms with Crippen LogP contribution in [0.25, 0.3) is 10.9 Å². The summed E-state index contributed by atoms with van der Waals surface area (Å²) in [6, 6.07) is 3.20. The summed E-state index contributed by atoms with van der Waals surface area (Å²) < 4.78 is 18.2. The number of aliphatic carboxylic acids is 1. The fraction of sp³-hybridized carbons (Fsp3) is 0.333. The number of hydrogen-bond donors (Lipinski definition) is 3. The summed E-state index contributed by atoms with van der Waals surface area (Å²) in [5, 5.41) is 12.2. The number of halogens is 1. The Morgan fingerprint density at radius 3 is 2.77 bits per heavy atom. The van der Waals surface area contributed by atoms with E-state index in [1.165, 1.54) is 19.2 Å². The largest absolute Gasteiger partial charge is 0.480 e. The zero-order valence-electron chi connectivity index (χ0n) is 12.3. The number of carboxylic acids is 1. The summed E-state index contributed by atoms with van der Waals surface area (Å²) in [5.74, 6) is -2.09. The summed E-state index contributed by atoms with van der Waals surface area (Å²) in [5.41, 5.74) is 1.37. The molecule has 0 bridgehead atoms. The van der Waals surface area contributed by atoms with E-state index in [0.717, 1.165) is 5.39 Å². The average Bonchev–Trinajstić information content (AvgIpc) is 2.87. The van der Waals surface area contributed by atoms with E-state index < -0.39 is 23.7 Å². The standard InChI is InChI=1S/C15H17FN2O4/c1-8-5-9(16)6-12-10(8)7-13(17-12)14(19)18-11(15(20)21)3-4-22-2/h5-7,11,17H,3-4H2,1-2H3,(H,18,19)(H,20,21). The molecular formula is C15H17FN2O4. The molecule has 1 heterocycles. The Bertz CT molecular complexity index is 711. The van der Waals surface area contributed by atoms with Gasteiger partial charge in [-0.05, 0) is 30.7 Å². The zero-order chi connectivity index (χ0) is 16.3. The highest BCUT2D eigenvalue weighted by Gasteiger charge is 2.21. The number of fused-ring (bicyclic) bond motifs is 1. The van der Waals surface area contributed by atoms with Crippen molar-refractivity contribution in [2.45, 2.75) is 19.4 Å². The highest BCUT2D eigenvalue weighted by Crippen LogP contribution is 2.21. The van der Waals surface area contributed by atoms with E-state index in [4.69, 9.17) is 9.84 Å². The molecule has 0 fully saturated rings. The van der Waals surface area contributed by atoms with Gasteiger partial charge >= 0.3 is 5.97 Å². The van der Waals surface area contributed by atoms with E-state index in [1.54, 1.807) is 13.0 Å². The van der Waals surface area contributed by atoms with Crippen LogP contribution in [0.5, 0.6) is 0 Å². The summed E-state index contributed by atoms with van der Waals surface area (Å²) in [4.78, 5) is 26.1. The van der Waals surface area contributed by atoms with Gasteiger partial charge in [-0.25, -0.2) is 9.18 Å². The minimum Gasteiger partial charge on any atom is -0.480 e. The quantitative estimate of drug-likeness (QED) is 0.759. The Morgan fingerprint density at radius 2 is 2.14 bits per heavy atom. The molecule has 0 aliphatic carbocycles. The van der Waals surface area contributed by atoms with E-state index in [9.17, 15) is 14.0 Å². The van der Waals surface area contributed by atoms with Crippen LogP contribution in [0.1, 0.15) is 22.5 Å². The third-order valence-electron chi connectivity index (χ3n) is 3.37. The maximum Gasteiger partial charge on any atom is 0.326 e. The van der Waals surface area contributed by atoms with Gasteiger partial charge in [-0.15, -0.1) is 0 Å². The van der Waals surface area contributed by atoms with Crippen LogP contribution in [0.2, 0.25) is 0 Å². The van der Waals surface area contributed by atoms with Crippen LogP contribution in [-0.2, 0) is 9.53 Å². The molecule has 1 unspecified atom stereocenters. The smallest absolute Gasteiger partial charge is 0.326 e. The van der Waals surface area contributed by atoms with Gasteiger partial charge in [-0.1, -0.05) is 0 Å². The lowest BCUT2D eigenvalue weighted by molar-refractivity contribution is -0.139. The van der Waals surface area contributed by atoms with E-state index in [1.807, 2.05) is 0 Å². The van der Waals surface area contributed by atoms with Crippen molar-refractivity contribution >= 4 is 22.8 Å². The number of aromatic amines is 1. The van der Waals surface area contributed by atoms with Gasteiger partial charge in [0.1, 0.15) is 17.6 Å². The maximum absolute atomic E-state index is 13.4. The van der Waals surface area contributed by atoms with E-state index in [2.05, 4.69) is 10.3 Å². The number of ether oxygens (including phenoxy) is 1. The van der Waals surface area contributed by atoms with Crippen LogP contribution in [0.4, 0.5) is 4.39 Å². The number of nitrogens with one attached hydrogen (secondary N) is 2. The fourth-order valence-corrected chi connectivity index (χ4v) is 2.23. The second kappa shape index (κ2) is 6.57. The molecule has 1 aromatic carbocycles. The zero-order valence-corrected chi connectivity index (χ0v) is 12.3. The van der Waals surface area contributed by atoms with E-state index >= 15 is 0 Å². The second-order valence-corrected chi connectivity index (χ2v) is 5.01. The SMILES string of the molecule is COCCC(NC(=O)c1cc2c(C)cc(F)cc2[nH]1)C(=O)O. The first kappa shape index (κ1) is 16.0. The summed E-state index contributed by atoms with van der Waals surface area (Å²) in [6.07, 6.45) is 0.158. The predicted octanol–water partition coefficient (Wildman–Crippen LogP) is 1.83. The van der Waals surface area contributed by atoms with Crippen molar-refractivity contribution in [2.24, 2.45) is 0 Å². The minimum absolute atomic E-state index is 0.158. The van der Waals surface area contributed by atoms with Gasteiger partial charge in [0, 0.05) is 31.0 Å². The number of H-pyrrole nitrogens is 1. The van der Waals surface area contributed by atoms with Gasteiger partial charge in [-0.2, -0.15) is 0 Å². The van der Waals surface area contributed by atoms with E-state index in [-0.39, 0.29) is 18.7 Å². The molecule has 0 aliphatic heterocycles. The molecule has 7 heteroatoms. The number of aryl methyl sites for hydroxylation is 1. The molecule has 1 aromatic heterocycles. The van der Waals surface area contributed by atoms with Gasteiger partial charge in [0.15, 0.2) is 0 Å². The van der Waals surface area contributed by atoms with Crippen LogP contribution in [0.15, 0.2) is 18.2 Å². The number of methoxy groups -OCH3 is 1. The van der Waals surface area contributed by atoms with Crippen LogP contribution < -0.4 is 5.32 Å². The number of carboxylic acid groups (broad SMARTS) is 1. The molecule has 3 N–H and O–H groups in total. The first-order valence-electron chi connectivity index (χ1n) is 6.74. The Hall–Kier alpha value is -2.41. The Balaban J connectivity index is 2.21. The molecule has 6 nitrogen and oxygen atoms in total. The van der Waals surface area contributed by atoms with Crippen molar-refractivity contribution in [3.05, 3.63) is 35.3 Å². The highest BCUT2D eigenvalue weighted by atomic mass is 19.1. The van der Waals surface area contributed by atoms with Gasteiger partial charge in [-0.3, -0.25) is 4.79 Å². The number of benzene rings is 1. The Kier molecular flexibility index (Phi) is 4.77. The van der Waals surface area contributed by atoms with Gasteiger partial charge in [0.25, 0.3) is 5.91 Å². The van der Waals surface area contributed by atoms with Gasteiger partial charge < -0.3 is 20.1 Å². The molecule has 0 radical (unpaired) electrons. The molecule has 0 aliphatic rings. The average molecular weight is 308 g/mol. The monoisotopic (exact) mass is 308 g/mol. The van der Waals surface area contributed by atoms with Gasteiger partial charge in [0.2, 0.25) is 0 Å². The van der Waals surface area contributed by atoms with Gasteiger partial charge in [0.05, 0.1) is 0 Å². The van der Waals surface area contributed by atoms with Crippen LogP contribution in [0.3, 0.4) is 0 Å². The lowest BCUT2D eigenvalue weighted by Gasteiger charge is -2.13. The summed E-state index contributed by atoms with van der Waals surface area (Å²) in [7, 11) is 1.45. The Labute approximate surface area is 126 Å². The third-order valence-corrected chi connectivity index (χ3v) is 3.37. The summed E-state index contributed by atoms with van der Waals surface area (Å²) in [6.45, 7) is 1.95. The molecule has 0 saturated carbocycles. The second-order valence-electron chi connectivity index (χ2n) is 5.01. The van der Waals surface area contributed by atoms with Crippen molar-refractivity contribution in [2.75, 3.05) is 13.7 Å². The topological polar surface area (TPSA) is 91.4 Å². The number of carbonyl (C=O) groups is 2. The molecule has 118 valence electrons. The highest BCUT2D eigenvalue weighted by molar-refractivity contribution is 6.00. The molecule has 2 aromatic rings. The molecule has 0 saturated heterocycles. The first-order chi connectivity index (χ1) is 10.4. The van der Waals surface area contributed by atoms with Crippen molar-refractivity contribution in [1.29, 1.82) is 0 Å². The van der Waals surface area contributed by atoms with Crippen LogP contribution in [-0.4, -0.2) is 41.7 Å². The summed E-state index contributed by atoms with van der Waals surface area (Å²) >= 11 is 0. The van der Waals surface area contributed by atoms with Crippen molar-refractivity contribution in [3.8, 4) is 0 Å². The molecule has 0 spiro atoms.